The van der Waals surface area contributed by atoms with Crippen LogP contribution >= 0.6 is 0 Å². The zero-order chi connectivity index (χ0) is 9.52. The summed E-state index contributed by atoms with van der Waals surface area (Å²) >= 11 is 0. The third-order valence-electron chi connectivity index (χ3n) is 3.25. The number of ether oxygens (including phenoxy) is 1. The molecule has 0 saturated carbocycles. The number of hydrogen-bond acceptors (Lipinski definition) is 1. The molecule has 1 rings (SSSR count). The molecule has 0 amide bonds. The maximum atomic E-state index is 5.41. The lowest BCUT2D eigenvalue weighted by Gasteiger charge is -2.30. The van der Waals surface area contributed by atoms with E-state index in [1.54, 1.807) is 0 Å². The monoisotopic (exact) mass is 184 g/mol. The fourth-order valence-corrected chi connectivity index (χ4v) is 2.54. The average molecular weight is 184 g/mol. The van der Waals surface area contributed by atoms with E-state index in [9.17, 15) is 0 Å². The summed E-state index contributed by atoms with van der Waals surface area (Å²) in [6.45, 7) is 6.63. The van der Waals surface area contributed by atoms with Crippen LogP contribution in [0.25, 0.3) is 0 Å². The smallest absolute Gasteiger partial charge is 0.0468 e. The van der Waals surface area contributed by atoms with Crippen LogP contribution in [0.15, 0.2) is 0 Å². The van der Waals surface area contributed by atoms with Crippen molar-refractivity contribution in [3.05, 3.63) is 0 Å². The van der Waals surface area contributed by atoms with Crippen LogP contribution in [-0.4, -0.2) is 13.2 Å². The predicted octanol–water partition coefficient (Wildman–Crippen LogP) is 3.63. The van der Waals surface area contributed by atoms with Crippen LogP contribution in [-0.2, 0) is 4.74 Å². The molecule has 0 aromatic rings. The third kappa shape index (κ3) is 3.68. The minimum Gasteiger partial charge on any atom is -0.381 e. The van der Waals surface area contributed by atoms with Gasteiger partial charge >= 0.3 is 0 Å². The molecule has 0 bridgehead atoms. The highest BCUT2D eigenvalue weighted by molar-refractivity contribution is 4.72. The summed E-state index contributed by atoms with van der Waals surface area (Å²) in [5.41, 5.74) is 0. The molecule has 1 nitrogen and oxygen atoms in total. The summed E-state index contributed by atoms with van der Waals surface area (Å²) in [5.74, 6) is 1.95. The maximum Gasteiger partial charge on any atom is 0.0468 e. The fraction of sp³-hybridized carbons (Fsp3) is 1.00. The zero-order valence-electron chi connectivity index (χ0n) is 9.22. The third-order valence-corrected chi connectivity index (χ3v) is 3.25. The summed E-state index contributed by atoms with van der Waals surface area (Å²) in [7, 11) is 0. The highest BCUT2D eigenvalue weighted by Gasteiger charge is 2.22. The van der Waals surface area contributed by atoms with E-state index in [1.807, 2.05) is 0 Å². The van der Waals surface area contributed by atoms with Crippen LogP contribution in [0, 0.1) is 11.8 Å². The van der Waals surface area contributed by atoms with Crippen molar-refractivity contribution in [2.75, 3.05) is 13.2 Å². The molecule has 0 aliphatic carbocycles. The summed E-state index contributed by atoms with van der Waals surface area (Å²) in [4.78, 5) is 0. The van der Waals surface area contributed by atoms with E-state index in [0.29, 0.717) is 0 Å². The number of hydrogen-bond donors (Lipinski definition) is 0. The number of rotatable bonds is 5. The van der Waals surface area contributed by atoms with Crippen LogP contribution < -0.4 is 0 Å². The molecule has 0 aromatic heterocycles. The van der Waals surface area contributed by atoms with Crippen molar-refractivity contribution >= 4 is 0 Å². The van der Waals surface area contributed by atoms with Gasteiger partial charge in [0, 0.05) is 13.2 Å². The molecule has 1 saturated heterocycles. The highest BCUT2D eigenvalue weighted by atomic mass is 16.5. The van der Waals surface area contributed by atoms with E-state index in [-0.39, 0.29) is 0 Å². The van der Waals surface area contributed by atoms with Gasteiger partial charge in [-0.05, 0) is 24.7 Å². The first-order valence-electron chi connectivity index (χ1n) is 5.96. The summed E-state index contributed by atoms with van der Waals surface area (Å²) in [6.07, 6.45) is 8.18. The van der Waals surface area contributed by atoms with Gasteiger partial charge in [-0.15, -0.1) is 0 Å². The molecular formula is C12H24O. The Morgan fingerprint density at radius 3 is 2.08 bits per heavy atom. The van der Waals surface area contributed by atoms with Crippen molar-refractivity contribution in [1.29, 1.82) is 0 Å². The standard InChI is InChI=1S/C12H24O/c1-3-5-11(6-4-2)12-7-9-13-10-8-12/h11-12H,3-10H2,1-2H3. The van der Waals surface area contributed by atoms with Gasteiger partial charge in [-0.2, -0.15) is 0 Å². The summed E-state index contributed by atoms with van der Waals surface area (Å²) in [5, 5.41) is 0. The van der Waals surface area contributed by atoms with Gasteiger partial charge in [-0.3, -0.25) is 0 Å². The Morgan fingerprint density at radius 2 is 1.62 bits per heavy atom. The molecule has 0 aromatic carbocycles. The second-order valence-electron chi connectivity index (χ2n) is 4.29. The molecule has 1 fully saturated rings. The van der Waals surface area contributed by atoms with Crippen molar-refractivity contribution in [2.45, 2.75) is 52.4 Å². The summed E-state index contributed by atoms with van der Waals surface area (Å²) < 4.78 is 5.41. The molecule has 0 unspecified atom stereocenters. The van der Waals surface area contributed by atoms with E-state index >= 15 is 0 Å². The van der Waals surface area contributed by atoms with Crippen molar-refractivity contribution in [2.24, 2.45) is 11.8 Å². The molecule has 78 valence electrons. The fourth-order valence-electron chi connectivity index (χ4n) is 2.54. The van der Waals surface area contributed by atoms with Crippen LogP contribution in [0.5, 0.6) is 0 Å². The van der Waals surface area contributed by atoms with Gasteiger partial charge in [0.15, 0.2) is 0 Å². The Bertz CT molecular complexity index is 110. The van der Waals surface area contributed by atoms with Crippen LogP contribution in [0.2, 0.25) is 0 Å². The molecule has 0 atom stereocenters. The van der Waals surface area contributed by atoms with Gasteiger partial charge in [-0.1, -0.05) is 39.5 Å². The van der Waals surface area contributed by atoms with Gasteiger partial charge in [0.05, 0.1) is 0 Å². The second kappa shape index (κ2) is 6.42. The quantitative estimate of drug-likeness (QED) is 0.634. The highest BCUT2D eigenvalue weighted by Crippen LogP contribution is 2.30. The lowest BCUT2D eigenvalue weighted by Crippen LogP contribution is -2.23. The lowest BCUT2D eigenvalue weighted by atomic mass is 9.80. The first-order valence-corrected chi connectivity index (χ1v) is 5.96. The largest absolute Gasteiger partial charge is 0.381 e. The normalized spacial score (nSPS) is 19.6. The van der Waals surface area contributed by atoms with Crippen molar-refractivity contribution < 1.29 is 4.74 Å². The first-order chi connectivity index (χ1) is 6.38. The zero-order valence-corrected chi connectivity index (χ0v) is 9.22. The van der Waals surface area contributed by atoms with E-state index in [1.165, 1.54) is 38.5 Å². The van der Waals surface area contributed by atoms with Gasteiger partial charge in [0.1, 0.15) is 0 Å². The average Bonchev–Trinajstić information content (AvgIpc) is 2.19. The Kier molecular flexibility index (Phi) is 5.45. The van der Waals surface area contributed by atoms with E-state index in [0.717, 1.165) is 25.0 Å². The topological polar surface area (TPSA) is 9.23 Å². The van der Waals surface area contributed by atoms with Gasteiger partial charge in [0.25, 0.3) is 0 Å². The van der Waals surface area contributed by atoms with Crippen molar-refractivity contribution in [3.8, 4) is 0 Å². The van der Waals surface area contributed by atoms with E-state index in [4.69, 9.17) is 4.74 Å². The van der Waals surface area contributed by atoms with E-state index < -0.39 is 0 Å². The molecule has 1 heteroatoms. The minimum absolute atomic E-state index is 0.966. The van der Waals surface area contributed by atoms with Crippen molar-refractivity contribution in [3.63, 3.8) is 0 Å². The SMILES string of the molecule is CCCC(CCC)C1CCOCC1. The van der Waals surface area contributed by atoms with Crippen molar-refractivity contribution in [1.82, 2.24) is 0 Å². The molecule has 1 heterocycles. The molecular weight excluding hydrogens is 160 g/mol. The minimum atomic E-state index is 0.966. The lowest BCUT2D eigenvalue weighted by molar-refractivity contribution is 0.0429. The Balaban J connectivity index is 2.32. The Hall–Kier alpha value is -0.0400. The van der Waals surface area contributed by atoms with Crippen LogP contribution in [0.4, 0.5) is 0 Å². The molecule has 0 N–H and O–H groups in total. The second-order valence-corrected chi connectivity index (χ2v) is 4.29. The van der Waals surface area contributed by atoms with Crippen LogP contribution in [0.1, 0.15) is 52.4 Å². The van der Waals surface area contributed by atoms with E-state index in [2.05, 4.69) is 13.8 Å². The molecule has 0 radical (unpaired) electrons. The van der Waals surface area contributed by atoms with Crippen LogP contribution in [0.3, 0.4) is 0 Å². The van der Waals surface area contributed by atoms with Gasteiger partial charge in [0.2, 0.25) is 0 Å². The first kappa shape index (κ1) is 11.0. The maximum absolute atomic E-state index is 5.41. The van der Waals surface area contributed by atoms with Gasteiger partial charge < -0.3 is 4.74 Å². The summed E-state index contributed by atoms with van der Waals surface area (Å²) in [6, 6.07) is 0. The Labute approximate surface area is 82.9 Å². The molecule has 1 aliphatic rings. The predicted molar refractivity (Wildman–Crippen MR) is 56.8 cm³/mol. The molecule has 13 heavy (non-hydrogen) atoms. The molecule has 1 aliphatic heterocycles. The molecule has 0 spiro atoms. The Morgan fingerprint density at radius 1 is 1.08 bits per heavy atom. The van der Waals surface area contributed by atoms with Gasteiger partial charge in [-0.25, -0.2) is 0 Å².